The number of oxime groups is 1. The highest BCUT2D eigenvalue weighted by atomic mass is 16.7. The zero-order valence-corrected chi connectivity index (χ0v) is 13.5. The van der Waals surface area contributed by atoms with Gasteiger partial charge in [-0.25, -0.2) is 4.79 Å². The molecule has 0 amide bonds. The molecule has 0 aliphatic carbocycles. The van der Waals surface area contributed by atoms with Gasteiger partial charge in [0, 0.05) is 6.20 Å². The zero-order chi connectivity index (χ0) is 17.5. The molecule has 0 radical (unpaired) electrons. The van der Waals surface area contributed by atoms with Crippen molar-refractivity contribution in [1.82, 2.24) is 4.98 Å². The summed E-state index contributed by atoms with van der Waals surface area (Å²) in [5.41, 5.74) is 6.29. The molecule has 0 spiro atoms. The number of nitrogens with two attached hydrogens (primary N) is 1. The molecule has 0 bridgehead atoms. The molecule has 2 N–H and O–H groups in total. The molecule has 1 aromatic heterocycles. The van der Waals surface area contributed by atoms with Gasteiger partial charge in [0.05, 0.1) is 26.9 Å². The zero-order valence-electron chi connectivity index (χ0n) is 13.5. The van der Waals surface area contributed by atoms with Crippen molar-refractivity contribution in [3.63, 3.8) is 0 Å². The van der Waals surface area contributed by atoms with E-state index in [1.54, 1.807) is 24.4 Å². The summed E-state index contributed by atoms with van der Waals surface area (Å²) < 4.78 is 15.6. The van der Waals surface area contributed by atoms with E-state index in [1.165, 1.54) is 33.5 Å². The number of carbonyl (C=O) groups is 1. The average Bonchev–Trinajstić information content (AvgIpc) is 2.65. The fourth-order valence-electron chi connectivity index (χ4n) is 1.90. The maximum atomic E-state index is 12.2. The van der Waals surface area contributed by atoms with Crippen molar-refractivity contribution in [3.8, 4) is 17.2 Å². The van der Waals surface area contributed by atoms with E-state index in [0.717, 1.165) is 0 Å². The van der Waals surface area contributed by atoms with Gasteiger partial charge in [-0.1, -0.05) is 11.2 Å². The second kappa shape index (κ2) is 7.82. The number of pyridine rings is 1. The van der Waals surface area contributed by atoms with Crippen LogP contribution < -0.4 is 19.9 Å². The van der Waals surface area contributed by atoms with E-state index in [2.05, 4.69) is 10.1 Å². The Bertz CT molecular complexity index is 722. The summed E-state index contributed by atoms with van der Waals surface area (Å²) in [7, 11) is 4.36. The van der Waals surface area contributed by atoms with Gasteiger partial charge in [-0.3, -0.25) is 4.98 Å². The minimum Gasteiger partial charge on any atom is -0.493 e. The third kappa shape index (κ3) is 3.72. The molecule has 0 fully saturated rings. The quantitative estimate of drug-likeness (QED) is 0.371. The van der Waals surface area contributed by atoms with Crippen LogP contribution in [0, 0.1) is 0 Å². The standard InChI is InChI=1S/C16H17N3O5/c1-21-12-8-10(9-13(22-2)14(12)23-3)16(20)24-19-15(17)11-6-4-5-7-18-11/h4-9H,1-3H3,(H2,17,19). The number of aromatic nitrogens is 1. The van der Waals surface area contributed by atoms with Gasteiger partial charge in [0.1, 0.15) is 5.69 Å². The van der Waals surface area contributed by atoms with Crippen LogP contribution in [0.15, 0.2) is 41.7 Å². The topological polar surface area (TPSA) is 105 Å². The predicted molar refractivity (Wildman–Crippen MR) is 86.5 cm³/mol. The van der Waals surface area contributed by atoms with Crippen LogP contribution in [0.4, 0.5) is 0 Å². The summed E-state index contributed by atoms with van der Waals surface area (Å²) in [5.74, 6) is 0.272. The first kappa shape index (κ1) is 17.1. The summed E-state index contributed by atoms with van der Waals surface area (Å²) >= 11 is 0. The highest BCUT2D eigenvalue weighted by Gasteiger charge is 2.18. The van der Waals surface area contributed by atoms with Crippen LogP contribution in [0.25, 0.3) is 0 Å². The SMILES string of the molecule is COc1cc(C(=O)O/N=C(\N)c2ccccn2)cc(OC)c1OC. The van der Waals surface area contributed by atoms with E-state index in [1.807, 2.05) is 0 Å². The number of ether oxygens (including phenoxy) is 3. The van der Waals surface area contributed by atoms with Gasteiger partial charge in [-0.05, 0) is 24.3 Å². The maximum Gasteiger partial charge on any atom is 0.366 e. The Labute approximate surface area is 138 Å². The molecule has 0 atom stereocenters. The molecule has 0 aliphatic rings. The van der Waals surface area contributed by atoms with E-state index >= 15 is 0 Å². The monoisotopic (exact) mass is 331 g/mol. The Balaban J connectivity index is 2.24. The van der Waals surface area contributed by atoms with Crippen LogP contribution in [-0.2, 0) is 4.84 Å². The molecular formula is C16H17N3O5. The molecule has 8 nitrogen and oxygen atoms in total. The van der Waals surface area contributed by atoms with E-state index < -0.39 is 5.97 Å². The van der Waals surface area contributed by atoms with Crippen LogP contribution in [0.5, 0.6) is 17.2 Å². The predicted octanol–water partition coefficient (Wildman–Crippen LogP) is 1.58. The molecule has 0 unspecified atom stereocenters. The van der Waals surface area contributed by atoms with E-state index in [4.69, 9.17) is 24.8 Å². The van der Waals surface area contributed by atoms with Crippen molar-refractivity contribution in [1.29, 1.82) is 0 Å². The van der Waals surface area contributed by atoms with Crippen molar-refractivity contribution < 1.29 is 23.8 Å². The molecule has 0 aliphatic heterocycles. The minimum absolute atomic E-state index is 0.0172. The Morgan fingerprint density at radius 1 is 1.08 bits per heavy atom. The van der Waals surface area contributed by atoms with Crippen LogP contribution in [0.2, 0.25) is 0 Å². The first-order valence-electron chi connectivity index (χ1n) is 6.87. The highest BCUT2D eigenvalue weighted by Crippen LogP contribution is 2.38. The smallest absolute Gasteiger partial charge is 0.366 e. The third-order valence-corrected chi connectivity index (χ3v) is 3.05. The molecule has 8 heteroatoms. The molecule has 2 rings (SSSR count). The number of benzene rings is 1. The summed E-state index contributed by atoms with van der Waals surface area (Å²) in [6.07, 6.45) is 1.55. The van der Waals surface area contributed by atoms with Crippen molar-refractivity contribution >= 4 is 11.8 Å². The van der Waals surface area contributed by atoms with Gasteiger partial charge in [0.2, 0.25) is 5.75 Å². The van der Waals surface area contributed by atoms with Gasteiger partial charge < -0.3 is 24.8 Å². The van der Waals surface area contributed by atoms with Crippen molar-refractivity contribution in [2.24, 2.45) is 10.9 Å². The second-order valence-corrected chi connectivity index (χ2v) is 4.48. The van der Waals surface area contributed by atoms with E-state index in [9.17, 15) is 4.79 Å². The Morgan fingerprint density at radius 2 is 1.75 bits per heavy atom. The maximum absolute atomic E-state index is 12.2. The lowest BCUT2D eigenvalue weighted by molar-refractivity contribution is 0.0515. The van der Waals surface area contributed by atoms with Crippen LogP contribution in [0.1, 0.15) is 16.1 Å². The molecule has 0 saturated carbocycles. The van der Waals surface area contributed by atoms with Gasteiger partial charge >= 0.3 is 5.97 Å². The molecule has 1 aromatic carbocycles. The molecule has 2 aromatic rings. The summed E-state index contributed by atoms with van der Waals surface area (Å²) in [5, 5.41) is 3.59. The highest BCUT2D eigenvalue weighted by molar-refractivity contribution is 5.96. The van der Waals surface area contributed by atoms with E-state index in [-0.39, 0.29) is 11.4 Å². The Morgan fingerprint density at radius 3 is 2.25 bits per heavy atom. The largest absolute Gasteiger partial charge is 0.493 e. The van der Waals surface area contributed by atoms with Gasteiger partial charge in [-0.15, -0.1) is 0 Å². The molecule has 1 heterocycles. The number of hydrogen-bond acceptors (Lipinski definition) is 7. The van der Waals surface area contributed by atoms with Crippen LogP contribution in [0.3, 0.4) is 0 Å². The molecular weight excluding hydrogens is 314 g/mol. The van der Waals surface area contributed by atoms with Gasteiger partial charge in [0.25, 0.3) is 0 Å². The van der Waals surface area contributed by atoms with Gasteiger partial charge in [-0.2, -0.15) is 0 Å². The third-order valence-electron chi connectivity index (χ3n) is 3.05. The lowest BCUT2D eigenvalue weighted by Crippen LogP contribution is -2.16. The first-order chi connectivity index (χ1) is 11.6. The number of carbonyl (C=O) groups excluding carboxylic acids is 1. The Hall–Kier alpha value is -3.29. The number of hydrogen-bond donors (Lipinski definition) is 1. The van der Waals surface area contributed by atoms with Crippen molar-refractivity contribution in [3.05, 3.63) is 47.8 Å². The van der Waals surface area contributed by atoms with Crippen molar-refractivity contribution in [2.75, 3.05) is 21.3 Å². The van der Waals surface area contributed by atoms with Crippen molar-refractivity contribution in [2.45, 2.75) is 0 Å². The number of methoxy groups -OCH3 is 3. The van der Waals surface area contributed by atoms with Crippen LogP contribution >= 0.6 is 0 Å². The first-order valence-corrected chi connectivity index (χ1v) is 6.87. The molecule has 126 valence electrons. The fourth-order valence-corrected chi connectivity index (χ4v) is 1.90. The number of rotatable bonds is 6. The lowest BCUT2D eigenvalue weighted by atomic mass is 10.2. The molecule has 24 heavy (non-hydrogen) atoms. The number of amidine groups is 1. The normalized spacial score (nSPS) is 10.9. The van der Waals surface area contributed by atoms with Gasteiger partial charge in [0.15, 0.2) is 17.3 Å². The average molecular weight is 331 g/mol. The lowest BCUT2D eigenvalue weighted by Gasteiger charge is -2.13. The summed E-state index contributed by atoms with van der Waals surface area (Å²) in [6, 6.07) is 8.03. The van der Waals surface area contributed by atoms with E-state index in [0.29, 0.717) is 22.9 Å². The Kier molecular flexibility index (Phi) is 5.56. The fraction of sp³-hybridized carbons (Fsp3) is 0.188. The second-order valence-electron chi connectivity index (χ2n) is 4.48. The van der Waals surface area contributed by atoms with Crippen LogP contribution in [-0.4, -0.2) is 38.1 Å². The minimum atomic E-state index is -0.729. The number of nitrogens with zero attached hydrogens (tertiary/aromatic N) is 2. The summed E-state index contributed by atoms with van der Waals surface area (Å²) in [4.78, 5) is 21.0. The summed E-state index contributed by atoms with van der Waals surface area (Å²) in [6.45, 7) is 0. The molecule has 0 saturated heterocycles.